The summed E-state index contributed by atoms with van der Waals surface area (Å²) < 4.78 is 0. The second-order valence-electron chi connectivity index (χ2n) is 5.99. The molecule has 0 radical (unpaired) electrons. The van der Waals surface area contributed by atoms with Gasteiger partial charge in [-0.25, -0.2) is 0 Å². The lowest BCUT2D eigenvalue weighted by Crippen LogP contribution is -2.45. The van der Waals surface area contributed by atoms with Gasteiger partial charge in [0, 0.05) is 25.0 Å². The summed E-state index contributed by atoms with van der Waals surface area (Å²) in [6.45, 7) is 3.34. The van der Waals surface area contributed by atoms with Crippen LogP contribution in [0.3, 0.4) is 0 Å². The molecule has 0 spiro atoms. The lowest BCUT2D eigenvalue weighted by atomic mass is 10.0. The van der Waals surface area contributed by atoms with Crippen molar-refractivity contribution in [3.05, 3.63) is 34.9 Å². The number of hydrogen-bond donors (Lipinski definition) is 2. The Labute approximate surface area is 142 Å². The Hall–Kier alpha value is -1.59. The lowest BCUT2D eigenvalue weighted by Gasteiger charge is -2.32. The third-order valence-corrected chi connectivity index (χ3v) is 4.53. The molecule has 1 aromatic rings. The third-order valence-electron chi connectivity index (χ3n) is 4.28. The van der Waals surface area contributed by atoms with E-state index in [1.54, 1.807) is 12.1 Å². The number of nitrogens with zero attached hydrogens (tertiary/aromatic N) is 1. The smallest absolute Gasteiger partial charge is 0.224 e. The molecule has 23 heavy (non-hydrogen) atoms. The van der Waals surface area contributed by atoms with Gasteiger partial charge in [0.15, 0.2) is 0 Å². The van der Waals surface area contributed by atoms with E-state index in [1.807, 2.05) is 24.1 Å². The zero-order chi connectivity index (χ0) is 16.8. The fourth-order valence-corrected chi connectivity index (χ4v) is 3.03. The zero-order valence-corrected chi connectivity index (χ0v) is 14.4. The average Bonchev–Trinajstić information content (AvgIpc) is 2.54. The number of carbonyl (C=O) groups excluding carboxylic acids is 2. The van der Waals surface area contributed by atoms with Gasteiger partial charge in [-0.1, -0.05) is 23.7 Å². The van der Waals surface area contributed by atoms with Crippen LogP contribution >= 0.6 is 11.6 Å². The predicted molar refractivity (Wildman–Crippen MR) is 91.3 cm³/mol. The van der Waals surface area contributed by atoms with Crippen LogP contribution in [0.2, 0.25) is 5.02 Å². The monoisotopic (exact) mass is 337 g/mol. The number of piperidine rings is 1. The zero-order valence-electron chi connectivity index (χ0n) is 13.6. The van der Waals surface area contributed by atoms with E-state index in [2.05, 4.69) is 10.6 Å². The molecule has 0 aromatic heterocycles. The fourth-order valence-electron chi connectivity index (χ4n) is 2.91. The Morgan fingerprint density at radius 1 is 1.30 bits per heavy atom. The van der Waals surface area contributed by atoms with E-state index >= 15 is 0 Å². The van der Waals surface area contributed by atoms with Crippen LogP contribution in [0.1, 0.15) is 37.8 Å². The molecule has 1 aliphatic rings. The number of hydrogen-bond acceptors (Lipinski definition) is 3. The highest BCUT2D eigenvalue weighted by molar-refractivity contribution is 6.30. The van der Waals surface area contributed by atoms with Gasteiger partial charge in [-0.2, -0.15) is 0 Å². The predicted octanol–water partition coefficient (Wildman–Crippen LogP) is 2.12. The highest BCUT2D eigenvalue weighted by atomic mass is 35.5. The molecule has 0 aliphatic carbocycles. The van der Waals surface area contributed by atoms with Crippen LogP contribution in [-0.2, 0) is 9.59 Å². The van der Waals surface area contributed by atoms with Gasteiger partial charge in [-0.3, -0.25) is 9.59 Å². The lowest BCUT2D eigenvalue weighted by molar-refractivity contribution is -0.133. The van der Waals surface area contributed by atoms with Crippen molar-refractivity contribution in [2.75, 3.05) is 20.1 Å². The summed E-state index contributed by atoms with van der Waals surface area (Å²) in [5, 5.41) is 6.79. The molecular weight excluding hydrogens is 314 g/mol. The maximum atomic E-state index is 12.6. The number of halogens is 1. The first-order valence-electron chi connectivity index (χ1n) is 7.96. The molecule has 1 heterocycles. The molecule has 1 aromatic carbocycles. The minimum atomic E-state index is -0.332. The topological polar surface area (TPSA) is 61.4 Å². The molecule has 1 aliphatic heterocycles. The summed E-state index contributed by atoms with van der Waals surface area (Å²) in [7, 11) is 1.85. The highest BCUT2D eigenvalue weighted by Crippen LogP contribution is 2.21. The molecule has 1 unspecified atom stereocenters. The summed E-state index contributed by atoms with van der Waals surface area (Å²) in [6.07, 6.45) is 2.18. The maximum absolute atomic E-state index is 12.6. The van der Waals surface area contributed by atoms with Crippen molar-refractivity contribution in [1.82, 2.24) is 15.5 Å². The molecule has 126 valence electrons. The van der Waals surface area contributed by atoms with Crippen molar-refractivity contribution in [3.63, 3.8) is 0 Å². The number of amides is 2. The Kier molecular flexibility index (Phi) is 6.42. The Morgan fingerprint density at radius 2 is 1.91 bits per heavy atom. The molecule has 1 fully saturated rings. The van der Waals surface area contributed by atoms with Gasteiger partial charge in [0.1, 0.15) is 0 Å². The summed E-state index contributed by atoms with van der Waals surface area (Å²) in [4.78, 5) is 25.9. The number of carbonyl (C=O) groups is 2. The van der Waals surface area contributed by atoms with Crippen LogP contribution in [0.15, 0.2) is 24.3 Å². The first kappa shape index (κ1) is 17.8. The molecule has 5 nitrogen and oxygen atoms in total. The Morgan fingerprint density at radius 3 is 2.48 bits per heavy atom. The molecule has 2 amide bonds. The van der Waals surface area contributed by atoms with Gasteiger partial charge in [0.05, 0.1) is 12.5 Å². The van der Waals surface area contributed by atoms with Crippen LogP contribution in [0, 0.1) is 0 Å². The molecule has 2 N–H and O–H groups in total. The molecule has 1 atom stereocenters. The Bertz CT molecular complexity index is 541. The number of nitrogens with one attached hydrogen (secondary N) is 2. The van der Waals surface area contributed by atoms with Gasteiger partial charge in [-0.15, -0.1) is 0 Å². The van der Waals surface area contributed by atoms with E-state index in [-0.39, 0.29) is 30.3 Å². The first-order chi connectivity index (χ1) is 11.0. The summed E-state index contributed by atoms with van der Waals surface area (Å²) in [6, 6.07) is 7.18. The van der Waals surface area contributed by atoms with E-state index in [1.165, 1.54) is 6.92 Å². The van der Waals surface area contributed by atoms with Crippen molar-refractivity contribution < 1.29 is 9.59 Å². The van der Waals surface area contributed by atoms with E-state index in [9.17, 15) is 9.59 Å². The van der Waals surface area contributed by atoms with Crippen LogP contribution in [0.25, 0.3) is 0 Å². The standard InChI is InChI=1S/C17H24ClN3O2/c1-12(22)20-16(13-3-5-14(18)6-4-13)11-17(23)21(2)15-7-9-19-10-8-15/h3-6,15-16,19H,7-11H2,1-2H3,(H,20,22). The van der Waals surface area contributed by atoms with Crippen LogP contribution in [0.5, 0.6) is 0 Å². The largest absolute Gasteiger partial charge is 0.349 e. The second kappa shape index (κ2) is 8.31. The van der Waals surface area contributed by atoms with Crippen molar-refractivity contribution in [2.24, 2.45) is 0 Å². The quantitative estimate of drug-likeness (QED) is 0.865. The van der Waals surface area contributed by atoms with Crippen molar-refractivity contribution in [1.29, 1.82) is 0 Å². The maximum Gasteiger partial charge on any atom is 0.224 e. The molecule has 0 bridgehead atoms. The minimum absolute atomic E-state index is 0.0469. The van der Waals surface area contributed by atoms with E-state index in [0.717, 1.165) is 31.5 Å². The Balaban J connectivity index is 2.05. The van der Waals surface area contributed by atoms with Crippen LogP contribution in [-0.4, -0.2) is 42.9 Å². The normalized spacial score (nSPS) is 16.7. The highest BCUT2D eigenvalue weighted by Gasteiger charge is 2.25. The van der Waals surface area contributed by atoms with Crippen molar-refractivity contribution in [3.8, 4) is 0 Å². The van der Waals surface area contributed by atoms with Crippen LogP contribution in [0.4, 0.5) is 0 Å². The van der Waals surface area contributed by atoms with Gasteiger partial charge < -0.3 is 15.5 Å². The van der Waals surface area contributed by atoms with Crippen LogP contribution < -0.4 is 10.6 Å². The number of benzene rings is 1. The fraction of sp³-hybridized carbons (Fsp3) is 0.529. The first-order valence-corrected chi connectivity index (χ1v) is 8.34. The van der Waals surface area contributed by atoms with E-state index in [0.29, 0.717) is 5.02 Å². The SMILES string of the molecule is CC(=O)NC(CC(=O)N(C)C1CCNCC1)c1ccc(Cl)cc1. The summed E-state index contributed by atoms with van der Waals surface area (Å²) in [5.41, 5.74) is 0.886. The average molecular weight is 338 g/mol. The van der Waals surface area contributed by atoms with Gasteiger partial charge in [-0.05, 0) is 43.6 Å². The van der Waals surface area contributed by atoms with Crippen molar-refractivity contribution in [2.45, 2.75) is 38.3 Å². The summed E-state index contributed by atoms with van der Waals surface area (Å²) >= 11 is 5.91. The number of rotatable bonds is 5. The third kappa shape index (κ3) is 5.22. The van der Waals surface area contributed by atoms with E-state index < -0.39 is 0 Å². The van der Waals surface area contributed by atoms with Gasteiger partial charge in [0.2, 0.25) is 11.8 Å². The van der Waals surface area contributed by atoms with E-state index in [4.69, 9.17) is 11.6 Å². The summed E-state index contributed by atoms with van der Waals surface area (Å²) in [5.74, 6) is -0.104. The van der Waals surface area contributed by atoms with Gasteiger partial charge in [0.25, 0.3) is 0 Å². The van der Waals surface area contributed by atoms with Crippen molar-refractivity contribution >= 4 is 23.4 Å². The van der Waals surface area contributed by atoms with Gasteiger partial charge >= 0.3 is 0 Å². The molecule has 6 heteroatoms. The second-order valence-corrected chi connectivity index (χ2v) is 6.43. The minimum Gasteiger partial charge on any atom is -0.349 e. The molecule has 1 saturated heterocycles. The molecular formula is C17H24ClN3O2. The molecule has 0 saturated carbocycles. The molecule has 2 rings (SSSR count).